The van der Waals surface area contributed by atoms with Crippen LogP contribution in [-0.4, -0.2) is 5.11 Å². The molecule has 0 rings (SSSR count). The maximum absolute atomic E-state index is 8.52. The molecule has 0 aromatic heterocycles. The maximum Gasteiger partial charge on any atom is 0.0780 e. The molecule has 0 aromatic rings. The van der Waals surface area contributed by atoms with Crippen molar-refractivity contribution in [2.75, 3.05) is 0 Å². The van der Waals surface area contributed by atoms with E-state index in [1.165, 1.54) is 11.8 Å². The van der Waals surface area contributed by atoms with Crippen LogP contribution in [0.1, 0.15) is 67.7 Å². The van der Waals surface area contributed by atoms with Gasteiger partial charge in [0.25, 0.3) is 0 Å². The van der Waals surface area contributed by atoms with Crippen molar-refractivity contribution in [1.82, 2.24) is 0 Å². The van der Waals surface area contributed by atoms with E-state index in [0.717, 1.165) is 30.5 Å². The van der Waals surface area contributed by atoms with Crippen LogP contribution >= 0.6 is 0 Å². The predicted octanol–water partition coefficient (Wildman–Crippen LogP) is 6.04. The van der Waals surface area contributed by atoms with E-state index in [2.05, 4.69) is 32.9 Å². The molecule has 0 saturated carbocycles. The lowest BCUT2D eigenvalue weighted by atomic mass is 10.1. The zero-order valence-corrected chi connectivity index (χ0v) is 14.5. The van der Waals surface area contributed by atoms with Gasteiger partial charge >= 0.3 is 0 Å². The van der Waals surface area contributed by atoms with E-state index in [4.69, 9.17) is 10.8 Å². The highest BCUT2D eigenvalue weighted by Gasteiger charge is 1.86. The topological polar surface area (TPSA) is 46.2 Å². The fourth-order valence-electron chi connectivity index (χ4n) is 1.01. The summed E-state index contributed by atoms with van der Waals surface area (Å²) in [4.78, 5) is 0. The van der Waals surface area contributed by atoms with Crippen molar-refractivity contribution in [3.05, 3.63) is 47.4 Å². The number of nitrogens with two attached hydrogens (primary N) is 1. The molecule has 0 aliphatic heterocycles. The summed E-state index contributed by atoms with van der Waals surface area (Å²) in [6.07, 6.45) is 12.3. The van der Waals surface area contributed by atoms with E-state index >= 15 is 0 Å². The van der Waals surface area contributed by atoms with E-state index < -0.39 is 0 Å². The molecule has 0 radical (unpaired) electrons. The Bertz CT molecular complexity index is 301. The summed E-state index contributed by atoms with van der Waals surface area (Å²) in [5, 5.41) is 8.52. The highest BCUT2D eigenvalue weighted by molar-refractivity contribution is 5.06. The first-order valence-corrected chi connectivity index (χ1v) is 7.46. The SMILES string of the molecule is CC.CC(C)=CCC/C(C)=C/O.CC/C=C\C=C(/C)N. The minimum atomic E-state index is 0.856. The number of hydrogen-bond donors (Lipinski definition) is 2. The highest BCUT2D eigenvalue weighted by atomic mass is 16.2. The Morgan fingerprint density at radius 3 is 2.00 bits per heavy atom. The summed E-state index contributed by atoms with van der Waals surface area (Å²) < 4.78 is 0. The monoisotopic (exact) mass is 281 g/mol. The van der Waals surface area contributed by atoms with Gasteiger partial charge in [-0.15, -0.1) is 0 Å². The number of allylic oxidation sites excluding steroid dienone is 7. The van der Waals surface area contributed by atoms with Crippen LogP contribution in [0.3, 0.4) is 0 Å². The van der Waals surface area contributed by atoms with E-state index in [9.17, 15) is 0 Å². The van der Waals surface area contributed by atoms with Crippen LogP contribution in [0.5, 0.6) is 0 Å². The Labute approximate surface area is 126 Å². The van der Waals surface area contributed by atoms with E-state index in [1.54, 1.807) is 0 Å². The van der Waals surface area contributed by atoms with Crippen LogP contribution in [-0.2, 0) is 0 Å². The third-order valence-electron chi connectivity index (χ3n) is 2.04. The second kappa shape index (κ2) is 19.9. The summed E-state index contributed by atoms with van der Waals surface area (Å²) >= 11 is 0. The average molecular weight is 281 g/mol. The van der Waals surface area contributed by atoms with Gasteiger partial charge in [-0.25, -0.2) is 0 Å². The lowest BCUT2D eigenvalue weighted by molar-refractivity contribution is 0.464. The molecule has 3 N–H and O–H groups in total. The molecule has 0 saturated heterocycles. The smallest absolute Gasteiger partial charge is 0.0780 e. The van der Waals surface area contributed by atoms with Gasteiger partial charge < -0.3 is 10.8 Å². The van der Waals surface area contributed by atoms with Gasteiger partial charge in [0.2, 0.25) is 0 Å². The van der Waals surface area contributed by atoms with Crippen LogP contribution in [0.15, 0.2) is 47.4 Å². The molecule has 20 heavy (non-hydrogen) atoms. The molecule has 2 nitrogen and oxygen atoms in total. The molecule has 2 heteroatoms. The van der Waals surface area contributed by atoms with Crippen molar-refractivity contribution < 1.29 is 5.11 Å². The van der Waals surface area contributed by atoms with Gasteiger partial charge in [-0.2, -0.15) is 0 Å². The zero-order chi connectivity index (χ0) is 16.4. The van der Waals surface area contributed by atoms with Crippen molar-refractivity contribution in [2.24, 2.45) is 5.73 Å². The number of aliphatic hydroxyl groups is 1. The van der Waals surface area contributed by atoms with Crippen molar-refractivity contribution in [1.29, 1.82) is 0 Å². The third kappa shape index (κ3) is 30.0. The van der Waals surface area contributed by atoms with Gasteiger partial charge in [0, 0.05) is 5.70 Å². The molecule has 0 aromatic carbocycles. The molecule has 0 heterocycles. The van der Waals surface area contributed by atoms with Gasteiger partial charge in [0.05, 0.1) is 6.26 Å². The first-order valence-electron chi connectivity index (χ1n) is 7.46. The predicted molar refractivity (Wildman–Crippen MR) is 93.8 cm³/mol. The first kappa shape index (κ1) is 23.6. The quantitative estimate of drug-likeness (QED) is 0.367. The van der Waals surface area contributed by atoms with Gasteiger partial charge in [-0.05, 0) is 58.6 Å². The van der Waals surface area contributed by atoms with Gasteiger partial charge in [-0.1, -0.05) is 44.6 Å². The van der Waals surface area contributed by atoms with Crippen LogP contribution in [0.2, 0.25) is 0 Å². The Morgan fingerprint density at radius 1 is 1.10 bits per heavy atom. The summed E-state index contributed by atoms with van der Waals surface area (Å²) in [6.45, 7) is 14.1. The maximum atomic E-state index is 8.52. The molecule has 0 bridgehead atoms. The molecular formula is C18H35NO. The van der Waals surface area contributed by atoms with Crippen LogP contribution in [0.25, 0.3) is 0 Å². The van der Waals surface area contributed by atoms with Crippen LogP contribution in [0, 0.1) is 0 Å². The highest BCUT2D eigenvalue weighted by Crippen LogP contribution is 2.04. The average Bonchev–Trinajstić information content (AvgIpc) is 2.41. The molecule has 0 atom stereocenters. The minimum absolute atomic E-state index is 0.856. The van der Waals surface area contributed by atoms with Gasteiger partial charge in [-0.3, -0.25) is 0 Å². The Kier molecular flexibility index (Phi) is 23.5. The molecule has 0 fully saturated rings. The minimum Gasteiger partial charge on any atom is -0.516 e. The number of rotatable bonds is 5. The number of aliphatic hydroxyl groups excluding tert-OH is 1. The van der Waals surface area contributed by atoms with E-state index in [-0.39, 0.29) is 0 Å². The van der Waals surface area contributed by atoms with Crippen LogP contribution < -0.4 is 5.73 Å². The molecule has 0 amide bonds. The molecule has 0 unspecified atom stereocenters. The second-order valence-corrected chi connectivity index (χ2v) is 4.54. The van der Waals surface area contributed by atoms with Gasteiger partial charge in [0.1, 0.15) is 0 Å². The molecule has 0 spiro atoms. The molecule has 0 aliphatic rings. The van der Waals surface area contributed by atoms with Crippen molar-refractivity contribution in [3.8, 4) is 0 Å². The Hall–Kier alpha value is -1.44. The number of hydrogen-bond acceptors (Lipinski definition) is 2. The largest absolute Gasteiger partial charge is 0.516 e. The van der Waals surface area contributed by atoms with Crippen molar-refractivity contribution in [3.63, 3.8) is 0 Å². The lowest BCUT2D eigenvalue weighted by Crippen LogP contribution is -1.87. The Morgan fingerprint density at radius 2 is 1.65 bits per heavy atom. The van der Waals surface area contributed by atoms with Crippen molar-refractivity contribution >= 4 is 0 Å². The third-order valence-corrected chi connectivity index (χ3v) is 2.04. The second-order valence-electron chi connectivity index (χ2n) is 4.54. The standard InChI is InChI=1S/C9H16O.C7H13N.C2H6/c1-8(2)5-4-6-9(3)7-10;1-3-4-5-6-7(2)8;1-2/h5,7,10H,4,6H2,1-3H3;4-6H,3,8H2,1-2H3;1-2H3/b9-7+;5-4-,7-6+;. The lowest BCUT2D eigenvalue weighted by Gasteiger charge is -1.94. The Balaban J connectivity index is -0.000000262. The summed E-state index contributed by atoms with van der Waals surface area (Å²) in [6, 6.07) is 0. The summed E-state index contributed by atoms with van der Waals surface area (Å²) in [5.74, 6) is 0. The normalized spacial score (nSPS) is 11.2. The fraction of sp³-hybridized carbons (Fsp3) is 0.556. The van der Waals surface area contributed by atoms with Gasteiger partial charge in [0.15, 0.2) is 0 Å². The summed E-state index contributed by atoms with van der Waals surface area (Å²) in [7, 11) is 0. The van der Waals surface area contributed by atoms with E-state index in [0.29, 0.717) is 0 Å². The van der Waals surface area contributed by atoms with E-state index in [1.807, 2.05) is 39.8 Å². The molecule has 0 aliphatic carbocycles. The fourth-order valence-corrected chi connectivity index (χ4v) is 1.01. The first-order chi connectivity index (χ1) is 9.43. The molecular weight excluding hydrogens is 246 g/mol. The van der Waals surface area contributed by atoms with Crippen LogP contribution in [0.4, 0.5) is 0 Å². The van der Waals surface area contributed by atoms with Crippen molar-refractivity contribution in [2.45, 2.75) is 67.7 Å². The molecule has 118 valence electrons. The summed E-state index contributed by atoms with van der Waals surface area (Å²) in [5.41, 5.74) is 8.58. The zero-order valence-electron chi connectivity index (χ0n) is 14.5.